The molecule has 77 heavy (non-hydrogen) atoms. The SMILES string of the molecule is COc1ccc(OC)c(C(NC(=O)[C@H](Cc2cn(C(c3ccccc3)(c3ccccc3)c3ccccc3)cn2)NC(=O)OCC2c3ccccc3-c3ccccc32)c2ccc(OCC(=O)NCc3ccc(C)cc3)cc2)c1. The van der Waals surface area contributed by atoms with Gasteiger partial charge in [-0.3, -0.25) is 9.59 Å². The monoisotopic (exact) mass is 1020 g/mol. The fraction of sp³-hybridized carbons (Fsp3) is 0.169. The van der Waals surface area contributed by atoms with E-state index in [1.54, 1.807) is 50.9 Å². The summed E-state index contributed by atoms with van der Waals surface area (Å²) in [6, 6.07) is 65.4. The third kappa shape index (κ3) is 11.2. The van der Waals surface area contributed by atoms with E-state index < -0.39 is 29.6 Å². The first-order valence-corrected chi connectivity index (χ1v) is 25.6. The third-order valence-electron chi connectivity index (χ3n) is 14.2. The molecule has 3 amide bonds. The minimum Gasteiger partial charge on any atom is -0.497 e. The average Bonchev–Trinajstić information content (AvgIpc) is 4.23. The number of carbonyl (C=O) groups is 3. The van der Waals surface area contributed by atoms with Crippen molar-refractivity contribution in [1.29, 1.82) is 0 Å². The van der Waals surface area contributed by atoms with Crippen LogP contribution in [0.15, 0.2) is 219 Å². The Kier molecular flexibility index (Phi) is 15.5. The van der Waals surface area contributed by atoms with E-state index in [1.165, 1.54) is 0 Å². The number of imidazole rings is 1. The third-order valence-corrected chi connectivity index (χ3v) is 14.2. The van der Waals surface area contributed by atoms with Gasteiger partial charge in [0.15, 0.2) is 6.61 Å². The van der Waals surface area contributed by atoms with Crippen molar-refractivity contribution in [2.45, 2.75) is 43.4 Å². The molecule has 12 nitrogen and oxygen atoms in total. The summed E-state index contributed by atoms with van der Waals surface area (Å²) in [5.41, 5.74) is 10.4. The van der Waals surface area contributed by atoms with E-state index in [0.29, 0.717) is 40.6 Å². The van der Waals surface area contributed by atoms with E-state index in [1.807, 2.05) is 128 Å². The van der Waals surface area contributed by atoms with Gasteiger partial charge in [0, 0.05) is 30.6 Å². The number of amides is 3. The Morgan fingerprint density at radius 1 is 0.636 bits per heavy atom. The molecule has 12 heteroatoms. The number of rotatable bonds is 20. The number of carbonyl (C=O) groups excluding carboxylic acids is 3. The Morgan fingerprint density at radius 2 is 1.21 bits per heavy atom. The fourth-order valence-electron chi connectivity index (χ4n) is 10.3. The van der Waals surface area contributed by atoms with Gasteiger partial charge in [0.2, 0.25) is 5.91 Å². The predicted octanol–water partition coefficient (Wildman–Crippen LogP) is 11.1. The van der Waals surface area contributed by atoms with Crippen LogP contribution in [0.5, 0.6) is 17.2 Å². The number of methoxy groups -OCH3 is 2. The Labute approximate surface area is 448 Å². The lowest BCUT2D eigenvalue weighted by atomic mass is 9.77. The predicted molar refractivity (Wildman–Crippen MR) is 297 cm³/mol. The van der Waals surface area contributed by atoms with Gasteiger partial charge < -0.3 is 39.5 Å². The second-order valence-electron chi connectivity index (χ2n) is 19.0. The second-order valence-corrected chi connectivity index (χ2v) is 19.0. The zero-order chi connectivity index (χ0) is 53.1. The molecule has 0 aliphatic heterocycles. The summed E-state index contributed by atoms with van der Waals surface area (Å²) in [5, 5.41) is 9.13. The van der Waals surface area contributed by atoms with Crippen molar-refractivity contribution in [3.05, 3.63) is 275 Å². The van der Waals surface area contributed by atoms with Crippen molar-refractivity contribution in [2.24, 2.45) is 0 Å². The number of aryl methyl sites for hydroxylation is 1. The molecule has 0 saturated carbocycles. The smallest absolute Gasteiger partial charge is 0.407 e. The van der Waals surface area contributed by atoms with Gasteiger partial charge in [-0.25, -0.2) is 9.78 Å². The van der Waals surface area contributed by atoms with E-state index >= 15 is 4.79 Å². The highest BCUT2D eigenvalue weighted by Gasteiger charge is 2.39. The molecular formula is C65H59N5O7. The molecule has 0 spiro atoms. The van der Waals surface area contributed by atoms with Gasteiger partial charge in [-0.05, 0) is 87.3 Å². The number of hydrogen-bond acceptors (Lipinski definition) is 8. The van der Waals surface area contributed by atoms with Gasteiger partial charge in [0.1, 0.15) is 35.4 Å². The maximum Gasteiger partial charge on any atom is 0.407 e. The summed E-state index contributed by atoms with van der Waals surface area (Å²) in [7, 11) is 3.13. The molecule has 386 valence electrons. The van der Waals surface area contributed by atoms with Crippen LogP contribution in [-0.2, 0) is 32.8 Å². The first kappa shape index (κ1) is 51.1. The van der Waals surface area contributed by atoms with Crippen molar-refractivity contribution in [3.8, 4) is 28.4 Å². The van der Waals surface area contributed by atoms with Crippen molar-refractivity contribution < 1.29 is 33.3 Å². The van der Waals surface area contributed by atoms with Crippen LogP contribution < -0.4 is 30.2 Å². The van der Waals surface area contributed by atoms with E-state index in [0.717, 1.165) is 50.1 Å². The molecule has 0 radical (unpaired) electrons. The highest BCUT2D eigenvalue weighted by atomic mass is 16.5. The maximum absolute atomic E-state index is 15.3. The second kappa shape index (κ2) is 23.4. The molecule has 1 aliphatic rings. The lowest BCUT2D eigenvalue weighted by molar-refractivity contribution is -0.124. The van der Waals surface area contributed by atoms with E-state index in [9.17, 15) is 9.59 Å². The van der Waals surface area contributed by atoms with E-state index in [2.05, 4.69) is 81.2 Å². The number of benzene rings is 8. The van der Waals surface area contributed by atoms with Crippen molar-refractivity contribution in [2.75, 3.05) is 27.4 Å². The largest absolute Gasteiger partial charge is 0.497 e. The number of ether oxygens (including phenoxy) is 4. The molecule has 3 N–H and O–H groups in total. The van der Waals surface area contributed by atoms with Crippen molar-refractivity contribution in [1.82, 2.24) is 25.5 Å². The number of hydrogen-bond donors (Lipinski definition) is 3. The zero-order valence-corrected chi connectivity index (χ0v) is 43.1. The zero-order valence-electron chi connectivity index (χ0n) is 43.1. The highest BCUT2D eigenvalue weighted by molar-refractivity contribution is 5.87. The van der Waals surface area contributed by atoms with E-state index in [4.69, 9.17) is 23.9 Å². The van der Waals surface area contributed by atoms with Gasteiger partial charge in [-0.2, -0.15) is 0 Å². The Morgan fingerprint density at radius 3 is 1.79 bits per heavy atom. The Hall–Kier alpha value is -9.42. The fourth-order valence-corrected chi connectivity index (χ4v) is 10.3. The molecule has 1 aromatic heterocycles. The van der Waals surface area contributed by atoms with Crippen LogP contribution in [0.1, 0.15) is 67.7 Å². The molecule has 10 rings (SSSR count). The first-order valence-electron chi connectivity index (χ1n) is 25.6. The molecule has 0 bridgehead atoms. The summed E-state index contributed by atoms with van der Waals surface area (Å²) >= 11 is 0. The number of nitrogens with zero attached hydrogens (tertiary/aromatic N) is 2. The molecule has 0 fully saturated rings. The highest BCUT2D eigenvalue weighted by Crippen LogP contribution is 2.45. The number of alkyl carbamates (subject to hydrolysis) is 1. The van der Waals surface area contributed by atoms with E-state index in [-0.39, 0.29) is 31.5 Å². The minimum atomic E-state index is -1.20. The summed E-state index contributed by atoms with van der Waals surface area (Å²) in [6.07, 6.45) is 2.94. The summed E-state index contributed by atoms with van der Waals surface area (Å²) in [6.45, 7) is 2.24. The summed E-state index contributed by atoms with van der Waals surface area (Å²) in [4.78, 5) is 47.4. The molecule has 1 heterocycles. The lowest BCUT2D eigenvalue weighted by Gasteiger charge is -2.37. The summed E-state index contributed by atoms with van der Waals surface area (Å²) in [5.74, 6) is 0.475. The number of nitrogens with one attached hydrogen (secondary N) is 3. The van der Waals surface area contributed by atoms with Gasteiger partial charge >= 0.3 is 6.09 Å². The number of aromatic nitrogens is 2. The van der Waals surface area contributed by atoms with Crippen LogP contribution >= 0.6 is 0 Å². The quantitative estimate of drug-likeness (QED) is 0.0641. The van der Waals surface area contributed by atoms with Crippen LogP contribution in [0.3, 0.4) is 0 Å². The van der Waals surface area contributed by atoms with Crippen molar-refractivity contribution in [3.63, 3.8) is 0 Å². The van der Waals surface area contributed by atoms with Gasteiger partial charge in [-0.15, -0.1) is 0 Å². The van der Waals surface area contributed by atoms with Crippen molar-refractivity contribution >= 4 is 17.9 Å². The molecule has 9 aromatic rings. The molecule has 8 aromatic carbocycles. The molecular weight excluding hydrogens is 963 g/mol. The standard InChI is InChI=1S/C65H59N5O7/c1-44-27-29-45(30-28-44)39-66-61(71)42-76-51-33-31-46(32-34-51)62(57-38-52(74-2)35-36-60(57)75-3)69-63(72)59(68-64(73)77-41-58-55-25-15-13-23-53(55)54-24-14-16-26-56(54)58)37-50-40-70(43-67-50)65(47-17-7-4-8-18-47,48-19-9-5-10-20-48)49-21-11-6-12-22-49/h4-36,38,40,43,58-59,62H,37,39,41-42H2,1-3H3,(H,66,71)(H,68,73)(H,69,72)/t59-,62?/m0/s1. The van der Waals surface area contributed by atoms with Crippen LogP contribution in [0, 0.1) is 6.92 Å². The van der Waals surface area contributed by atoms with Crippen LogP contribution in [0.2, 0.25) is 0 Å². The van der Waals surface area contributed by atoms with Crippen LogP contribution in [0.4, 0.5) is 4.79 Å². The van der Waals surface area contributed by atoms with Gasteiger partial charge in [-0.1, -0.05) is 181 Å². The molecule has 0 saturated heterocycles. The van der Waals surface area contributed by atoms with Crippen LogP contribution in [0.25, 0.3) is 11.1 Å². The average molecular weight is 1020 g/mol. The number of fused-ring (bicyclic) bond motifs is 3. The Balaban J connectivity index is 0.968. The summed E-state index contributed by atoms with van der Waals surface area (Å²) < 4.78 is 25.7. The molecule has 1 aliphatic carbocycles. The topological polar surface area (TPSA) is 142 Å². The lowest BCUT2D eigenvalue weighted by Crippen LogP contribution is -2.49. The van der Waals surface area contributed by atoms with Crippen LogP contribution in [-0.4, -0.2) is 60.9 Å². The molecule has 2 atom stereocenters. The normalized spacial score (nSPS) is 12.6. The van der Waals surface area contributed by atoms with Gasteiger partial charge in [0.05, 0.1) is 32.3 Å². The minimum absolute atomic E-state index is 0.0157. The van der Waals surface area contributed by atoms with Gasteiger partial charge in [0.25, 0.3) is 5.91 Å². The Bertz CT molecular complexity index is 3320. The first-order chi connectivity index (χ1) is 37.7. The molecule has 1 unspecified atom stereocenters. The maximum atomic E-state index is 15.3.